The Morgan fingerprint density at radius 1 is 0.250 bits per heavy atom. The zero-order valence-corrected chi connectivity index (χ0v) is 45.3. The largest absolute Gasteiger partial charge is 0.309 e. The lowest BCUT2D eigenvalue weighted by molar-refractivity contribution is 1.07. The highest BCUT2D eigenvalue weighted by Gasteiger charge is 2.23. The maximum Gasteiger partial charge on any atom is 0.165 e. The van der Waals surface area contributed by atoms with Crippen LogP contribution in [0, 0.1) is 22.7 Å². The second-order valence-electron chi connectivity index (χ2n) is 21.0. The molecule has 0 amide bonds. The Kier molecular flexibility index (Phi) is 12.2. The minimum atomic E-state index is 0.357. The molecule has 3 aromatic heterocycles. The lowest BCUT2D eigenvalue weighted by Gasteiger charge is -2.16. The van der Waals surface area contributed by atoms with Gasteiger partial charge in [-0.25, -0.2) is 15.0 Å². The molecule has 0 bridgehead atoms. The Morgan fingerprint density at radius 3 is 1.04 bits per heavy atom. The topological polar surface area (TPSA) is 96.1 Å². The first-order chi connectivity index (χ1) is 41.5. The van der Waals surface area contributed by atoms with Crippen molar-refractivity contribution in [3.8, 4) is 113 Å². The van der Waals surface area contributed by atoms with Crippen molar-refractivity contribution < 1.29 is 0 Å². The molecule has 0 spiro atoms. The van der Waals surface area contributed by atoms with Gasteiger partial charge in [-0.05, 0) is 153 Å². The van der Waals surface area contributed by atoms with Gasteiger partial charge in [-0.3, -0.25) is 0 Å². The SMILES string of the molecule is N#Cc1cccc(-c2cc(-n3c4ccc(-c5ccccc5)cc4c4cc(-c5ccccc5)ccc43)ccc2-c2nc(-c3ccccc3)nc(-c3ccc(-n4c5ccc(-c6ccccc6)cc5c5cc(-c6ccccc6)ccc54)cc3C#N)n2)c1. The van der Waals surface area contributed by atoms with E-state index in [1.165, 1.54) is 0 Å². The number of hydrogen-bond acceptors (Lipinski definition) is 5. The maximum absolute atomic E-state index is 11.2. The number of nitriles is 2. The van der Waals surface area contributed by atoms with Crippen molar-refractivity contribution in [1.29, 1.82) is 10.5 Å². The van der Waals surface area contributed by atoms with Crippen LogP contribution >= 0.6 is 0 Å². The molecule has 0 unspecified atom stereocenters. The number of aromatic nitrogens is 5. The Bertz CT molecular complexity index is 4940. The Morgan fingerprint density at radius 2 is 0.619 bits per heavy atom. The van der Waals surface area contributed by atoms with Crippen molar-refractivity contribution in [3.05, 3.63) is 296 Å². The van der Waals surface area contributed by atoms with Crippen LogP contribution in [0.15, 0.2) is 285 Å². The normalized spacial score (nSPS) is 11.3. The molecule has 390 valence electrons. The molecule has 3 heterocycles. The summed E-state index contributed by atoms with van der Waals surface area (Å²) in [6, 6.07) is 103. The fourth-order valence-corrected chi connectivity index (χ4v) is 12.0. The number of rotatable bonds is 10. The van der Waals surface area contributed by atoms with E-state index in [9.17, 15) is 10.5 Å². The predicted octanol–water partition coefficient (Wildman–Crippen LogP) is 19.1. The van der Waals surface area contributed by atoms with Gasteiger partial charge >= 0.3 is 0 Å². The van der Waals surface area contributed by atoms with Crippen LogP contribution < -0.4 is 0 Å². The van der Waals surface area contributed by atoms with Crippen LogP contribution in [0.25, 0.3) is 145 Å². The molecule has 84 heavy (non-hydrogen) atoms. The molecule has 0 saturated heterocycles. The Hall–Kier alpha value is -11.8. The summed E-state index contributed by atoms with van der Waals surface area (Å²) in [5.41, 5.74) is 19.7. The molecule has 0 aliphatic heterocycles. The van der Waals surface area contributed by atoms with E-state index in [2.05, 4.69) is 215 Å². The number of fused-ring (bicyclic) bond motifs is 6. The quantitative estimate of drug-likeness (QED) is 0.136. The molecule has 7 nitrogen and oxygen atoms in total. The van der Waals surface area contributed by atoms with Crippen molar-refractivity contribution in [3.63, 3.8) is 0 Å². The average Bonchev–Trinajstić information content (AvgIpc) is 3.98. The summed E-state index contributed by atoms with van der Waals surface area (Å²) in [7, 11) is 0. The van der Waals surface area contributed by atoms with Gasteiger partial charge in [0.2, 0.25) is 0 Å². The van der Waals surface area contributed by atoms with Gasteiger partial charge in [0.25, 0.3) is 0 Å². The van der Waals surface area contributed by atoms with E-state index < -0.39 is 0 Å². The van der Waals surface area contributed by atoms with E-state index in [0.29, 0.717) is 34.2 Å². The van der Waals surface area contributed by atoms with Gasteiger partial charge in [0.15, 0.2) is 17.5 Å². The minimum Gasteiger partial charge on any atom is -0.309 e. The van der Waals surface area contributed by atoms with E-state index in [1.807, 2.05) is 91.0 Å². The summed E-state index contributed by atoms with van der Waals surface area (Å²) in [5.74, 6) is 1.24. The van der Waals surface area contributed by atoms with Crippen LogP contribution in [-0.4, -0.2) is 24.1 Å². The molecule has 12 aromatic carbocycles. The summed E-state index contributed by atoms with van der Waals surface area (Å²) in [5, 5.41) is 26.0. The molecular weight excluding hydrogens is 1020 g/mol. The van der Waals surface area contributed by atoms with Crippen LogP contribution in [-0.2, 0) is 0 Å². The first-order valence-corrected chi connectivity index (χ1v) is 27.9. The van der Waals surface area contributed by atoms with Crippen LogP contribution in [0.4, 0.5) is 0 Å². The maximum atomic E-state index is 11.2. The summed E-state index contributed by atoms with van der Waals surface area (Å²) in [6.07, 6.45) is 0. The molecule has 0 N–H and O–H groups in total. The van der Waals surface area contributed by atoms with Gasteiger partial charge in [-0.2, -0.15) is 10.5 Å². The van der Waals surface area contributed by atoms with E-state index in [-0.39, 0.29) is 0 Å². The molecule has 0 radical (unpaired) electrons. The smallest absolute Gasteiger partial charge is 0.165 e. The zero-order chi connectivity index (χ0) is 56.1. The molecule has 15 aromatic rings. The van der Waals surface area contributed by atoms with E-state index in [1.54, 1.807) is 0 Å². The van der Waals surface area contributed by atoms with Crippen molar-refractivity contribution in [2.45, 2.75) is 0 Å². The molecule has 0 atom stereocenters. The van der Waals surface area contributed by atoms with Crippen LogP contribution in [0.1, 0.15) is 11.1 Å². The molecule has 0 fully saturated rings. The van der Waals surface area contributed by atoms with Crippen LogP contribution in [0.2, 0.25) is 0 Å². The monoisotopic (exact) mass is 1070 g/mol. The highest BCUT2D eigenvalue weighted by molar-refractivity contribution is 6.13. The molecular formula is C77H47N7. The van der Waals surface area contributed by atoms with Crippen LogP contribution in [0.3, 0.4) is 0 Å². The van der Waals surface area contributed by atoms with Crippen molar-refractivity contribution >= 4 is 43.6 Å². The minimum absolute atomic E-state index is 0.357. The van der Waals surface area contributed by atoms with Gasteiger partial charge in [0.1, 0.15) is 0 Å². The first kappa shape index (κ1) is 49.3. The second kappa shape index (κ2) is 20.7. The van der Waals surface area contributed by atoms with E-state index in [0.717, 1.165) is 122 Å². The zero-order valence-electron chi connectivity index (χ0n) is 45.3. The Labute approximate surface area is 485 Å². The first-order valence-electron chi connectivity index (χ1n) is 27.9. The molecule has 7 heteroatoms. The van der Waals surface area contributed by atoms with Crippen molar-refractivity contribution in [2.24, 2.45) is 0 Å². The third kappa shape index (κ3) is 8.74. The second-order valence-corrected chi connectivity index (χ2v) is 21.0. The van der Waals surface area contributed by atoms with Gasteiger partial charge < -0.3 is 9.13 Å². The molecule has 0 saturated carbocycles. The van der Waals surface area contributed by atoms with Gasteiger partial charge in [0, 0.05) is 49.6 Å². The third-order valence-corrected chi connectivity index (χ3v) is 16.1. The number of hydrogen-bond donors (Lipinski definition) is 0. The van der Waals surface area contributed by atoms with Gasteiger partial charge in [-0.15, -0.1) is 0 Å². The van der Waals surface area contributed by atoms with Crippen molar-refractivity contribution in [1.82, 2.24) is 24.1 Å². The Balaban J connectivity index is 0.907. The van der Waals surface area contributed by atoms with Gasteiger partial charge in [0.05, 0.1) is 45.3 Å². The average molecular weight is 1070 g/mol. The number of nitrogens with zero attached hydrogens (tertiary/aromatic N) is 7. The lowest BCUT2D eigenvalue weighted by atomic mass is 9.96. The summed E-state index contributed by atoms with van der Waals surface area (Å²) in [6.45, 7) is 0. The van der Waals surface area contributed by atoms with Crippen molar-refractivity contribution in [2.75, 3.05) is 0 Å². The lowest BCUT2D eigenvalue weighted by Crippen LogP contribution is -2.03. The number of benzene rings is 12. The molecule has 15 rings (SSSR count). The molecule has 0 aliphatic carbocycles. The standard InChI is InChI=1S/C77H47N7/c78-48-50-17-16-28-60(41-50)66-47-63(84-73-39-31-58(53-22-10-3-11-23-53)45-69(73)70-46-59(32-40-74(70)84)54-24-12-4-13-25-54)34-36-65(66)77-81-75(55-26-14-5-15-27-55)80-76(82-77)64-35-33-62(42-61(64)49-79)83-71-37-29-56(51-18-6-1-7-19-51)43-67(71)68-44-57(30-38-72(68)83)52-20-8-2-9-21-52/h1-47H. The van der Waals surface area contributed by atoms with Crippen LogP contribution in [0.5, 0.6) is 0 Å². The fourth-order valence-electron chi connectivity index (χ4n) is 12.0. The molecule has 0 aliphatic rings. The highest BCUT2D eigenvalue weighted by atomic mass is 15.0. The third-order valence-electron chi connectivity index (χ3n) is 16.1. The summed E-state index contributed by atoms with van der Waals surface area (Å²) < 4.78 is 4.57. The summed E-state index contributed by atoms with van der Waals surface area (Å²) >= 11 is 0. The summed E-state index contributed by atoms with van der Waals surface area (Å²) in [4.78, 5) is 15.7. The van der Waals surface area contributed by atoms with E-state index >= 15 is 0 Å². The predicted molar refractivity (Wildman–Crippen MR) is 341 cm³/mol. The van der Waals surface area contributed by atoms with Gasteiger partial charge in [-0.1, -0.05) is 188 Å². The fraction of sp³-hybridized carbons (Fsp3) is 0. The van der Waals surface area contributed by atoms with E-state index in [4.69, 9.17) is 15.0 Å². The highest BCUT2D eigenvalue weighted by Crippen LogP contribution is 2.42.